The van der Waals surface area contributed by atoms with Crippen LogP contribution < -0.4 is 10.9 Å². The largest absolute Gasteiger partial charge is 0.468 e. The highest BCUT2D eigenvalue weighted by Gasteiger charge is 2.11. The van der Waals surface area contributed by atoms with Gasteiger partial charge in [-0.25, -0.2) is 4.68 Å². The topological polar surface area (TPSA) is 73.2 Å². The molecule has 108 valence electrons. The molecule has 1 N–H and O–H groups in total. The molecule has 6 nitrogen and oxygen atoms in total. The minimum absolute atomic E-state index is 0.216. The summed E-state index contributed by atoms with van der Waals surface area (Å²) in [5.41, 5.74) is 0.189. The van der Waals surface area contributed by atoms with E-state index in [0.717, 1.165) is 10.4 Å². The molecule has 1 heterocycles. The van der Waals surface area contributed by atoms with Crippen molar-refractivity contribution in [3.63, 3.8) is 0 Å². The van der Waals surface area contributed by atoms with Gasteiger partial charge in [0.15, 0.2) is 0 Å². The Kier molecular flexibility index (Phi) is 7.18. The highest BCUT2D eigenvalue weighted by Crippen LogP contribution is 2.16. The SMILES string of the molecule is C#CCSCCNc1cnn(CC(=O)OC)c(=O)c1Br. The van der Waals surface area contributed by atoms with Gasteiger partial charge in [-0.15, -0.1) is 18.2 Å². The number of halogens is 1. The molecule has 0 aromatic carbocycles. The first-order chi connectivity index (χ1) is 9.60. The number of ether oxygens (including phenoxy) is 1. The Morgan fingerprint density at radius 3 is 3.10 bits per heavy atom. The molecule has 0 amide bonds. The van der Waals surface area contributed by atoms with Crippen molar-refractivity contribution < 1.29 is 9.53 Å². The van der Waals surface area contributed by atoms with Gasteiger partial charge in [0.2, 0.25) is 0 Å². The van der Waals surface area contributed by atoms with Crippen LogP contribution in [-0.2, 0) is 16.1 Å². The lowest BCUT2D eigenvalue weighted by Crippen LogP contribution is -2.28. The average molecular weight is 360 g/mol. The molecule has 1 aromatic heterocycles. The first kappa shape index (κ1) is 16.6. The van der Waals surface area contributed by atoms with E-state index in [1.807, 2.05) is 0 Å². The molecule has 0 saturated carbocycles. The number of nitrogens with zero attached hydrogens (tertiary/aromatic N) is 2. The Morgan fingerprint density at radius 2 is 2.45 bits per heavy atom. The number of methoxy groups -OCH3 is 1. The molecular weight excluding hydrogens is 346 g/mol. The Hall–Kier alpha value is -1.46. The summed E-state index contributed by atoms with van der Waals surface area (Å²) in [4.78, 5) is 23.1. The fraction of sp³-hybridized carbons (Fsp3) is 0.417. The molecule has 0 saturated heterocycles. The first-order valence-electron chi connectivity index (χ1n) is 5.67. The zero-order chi connectivity index (χ0) is 15.0. The highest BCUT2D eigenvalue weighted by molar-refractivity contribution is 9.10. The fourth-order valence-electron chi connectivity index (χ4n) is 1.28. The number of terminal acetylenes is 1. The lowest BCUT2D eigenvalue weighted by molar-refractivity contribution is -0.141. The first-order valence-corrected chi connectivity index (χ1v) is 7.62. The highest BCUT2D eigenvalue weighted by atomic mass is 79.9. The molecule has 8 heteroatoms. The van der Waals surface area contributed by atoms with Crippen molar-refractivity contribution in [2.24, 2.45) is 0 Å². The summed E-state index contributed by atoms with van der Waals surface area (Å²) in [6.07, 6.45) is 6.63. The summed E-state index contributed by atoms with van der Waals surface area (Å²) in [5, 5.41) is 6.99. The van der Waals surface area contributed by atoms with Gasteiger partial charge in [0.25, 0.3) is 5.56 Å². The van der Waals surface area contributed by atoms with E-state index in [-0.39, 0.29) is 6.54 Å². The van der Waals surface area contributed by atoms with Gasteiger partial charge in [-0.3, -0.25) is 9.59 Å². The standard InChI is InChI=1S/C12H14BrN3O3S/c1-3-5-20-6-4-14-9-7-15-16(8-10(17)19-2)12(18)11(9)13/h1,7,14H,4-6,8H2,2H3. The summed E-state index contributed by atoms with van der Waals surface area (Å²) < 4.78 is 5.86. The van der Waals surface area contributed by atoms with E-state index in [1.165, 1.54) is 13.3 Å². The molecule has 1 aromatic rings. The third kappa shape index (κ3) is 4.90. The quantitative estimate of drug-likeness (QED) is 0.444. The molecule has 20 heavy (non-hydrogen) atoms. The predicted molar refractivity (Wildman–Crippen MR) is 82.9 cm³/mol. The summed E-state index contributed by atoms with van der Waals surface area (Å²) >= 11 is 4.82. The molecule has 0 unspecified atom stereocenters. The van der Waals surface area contributed by atoms with Crippen molar-refractivity contribution >= 4 is 39.3 Å². The van der Waals surface area contributed by atoms with Crippen LogP contribution >= 0.6 is 27.7 Å². The molecule has 0 fully saturated rings. The number of hydrogen-bond acceptors (Lipinski definition) is 6. The summed E-state index contributed by atoms with van der Waals surface area (Å²) in [6, 6.07) is 0. The maximum atomic E-state index is 12.0. The lowest BCUT2D eigenvalue weighted by atomic mass is 10.4. The zero-order valence-corrected chi connectivity index (χ0v) is 13.3. The third-order valence-electron chi connectivity index (χ3n) is 2.24. The lowest BCUT2D eigenvalue weighted by Gasteiger charge is -2.09. The number of nitrogens with one attached hydrogen (secondary N) is 1. The van der Waals surface area contributed by atoms with E-state index in [4.69, 9.17) is 6.42 Å². The van der Waals surface area contributed by atoms with Gasteiger partial charge >= 0.3 is 5.97 Å². The molecular formula is C12H14BrN3O3S. The van der Waals surface area contributed by atoms with Crippen LogP contribution in [0.25, 0.3) is 0 Å². The molecule has 0 radical (unpaired) electrons. The van der Waals surface area contributed by atoms with E-state index < -0.39 is 11.5 Å². The van der Waals surface area contributed by atoms with Gasteiger partial charge in [0.1, 0.15) is 11.0 Å². The molecule has 0 bridgehead atoms. The Balaban J connectivity index is 2.67. The van der Waals surface area contributed by atoms with Gasteiger partial charge in [0.05, 0.1) is 24.7 Å². The van der Waals surface area contributed by atoms with Crippen molar-refractivity contribution in [3.05, 3.63) is 21.0 Å². The number of aromatic nitrogens is 2. The van der Waals surface area contributed by atoms with Crippen molar-refractivity contribution in [1.29, 1.82) is 0 Å². The van der Waals surface area contributed by atoms with Crippen LogP contribution in [0.3, 0.4) is 0 Å². The minimum Gasteiger partial charge on any atom is -0.468 e. The van der Waals surface area contributed by atoms with E-state index in [9.17, 15) is 9.59 Å². The summed E-state index contributed by atoms with van der Waals surface area (Å²) in [6.45, 7) is 0.444. The van der Waals surface area contributed by atoms with Gasteiger partial charge < -0.3 is 10.1 Å². The van der Waals surface area contributed by atoms with Crippen molar-refractivity contribution in [2.45, 2.75) is 6.54 Å². The Labute approximate surface area is 129 Å². The number of rotatable bonds is 7. The number of thioether (sulfide) groups is 1. The van der Waals surface area contributed by atoms with Crippen LogP contribution in [0, 0.1) is 12.3 Å². The van der Waals surface area contributed by atoms with Crippen LogP contribution in [0.15, 0.2) is 15.5 Å². The number of carbonyl (C=O) groups is 1. The van der Waals surface area contributed by atoms with Crippen LogP contribution in [0.5, 0.6) is 0 Å². The van der Waals surface area contributed by atoms with Crippen LogP contribution in [0.4, 0.5) is 5.69 Å². The molecule has 0 spiro atoms. The zero-order valence-electron chi connectivity index (χ0n) is 10.9. The Bertz CT molecular complexity index is 568. The number of hydrogen-bond donors (Lipinski definition) is 1. The van der Waals surface area contributed by atoms with Crippen LogP contribution in [-0.4, -0.2) is 40.9 Å². The van der Waals surface area contributed by atoms with E-state index in [2.05, 4.69) is 37.0 Å². The molecule has 0 aliphatic rings. The third-order valence-corrected chi connectivity index (χ3v) is 3.87. The van der Waals surface area contributed by atoms with E-state index in [1.54, 1.807) is 11.8 Å². The van der Waals surface area contributed by atoms with Gasteiger partial charge in [-0.05, 0) is 15.9 Å². The predicted octanol–water partition coefficient (Wildman–Crippen LogP) is 0.957. The van der Waals surface area contributed by atoms with Gasteiger partial charge in [-0.2, -0.15) is 5.10 Å². The number of esters is 1. The molecule has 0 aliphatic heterocycles. The second-order valence-electron chi connectivity index (χ2n) is 3.59. The molecule has 1 rings (SSSR count). The second kappa shape index (κ2) is 8.66. The van der Waals surface area contributed by atoms with Gasteiger partial charge in [0, 0.05) is 12.3 Å². The van der Waals surface area contributed by atoms with Crippen molar-refractivity contribution in [2.75, 3.05) is 30.5 Å². The Morgan fingerprint density at radius 1 is 1.70 bits per heavy atom. The molecule has 0 atom stereocenters. The second-order valence-corrected chi connectivity index (χ2v) is 5.49. The van der Waals surface area contributed by atoms with E-state index in [0.29, 0.717) is 22.5 Å². The number of anilines is 1. The average Bonchev–Trinajstić information content (AvgIpc) is 2.45. The monoisotopic (exact) mass is 359 g/mol. The minimum atomic E-state index is -0.530. The maximum absolute atomic E-state index is 12.0. The maximum Gasteiger partial charge on any atom is 0.327 e. The fourth-order valence-corrected chi connectivity index (χ4v) is 2.23. The van der Waals surface area contributed by atoms with Gasteiger partial charge in [-0.1, -0.05) is 5.92 Å². The van der Waals surface area contributed by atoms with Crippen LogP contribution in [0.2, 0.25) is 0 Å². The van der Waals surface area contributed by atoms with E-state index >= 15 is 0 Å². The summed E-state index contributed by atoms with van der Waals surface area (Å²) in [7, 11) is 1.26. The molecule has 0 aliphatic carbocycles. The number of carbonyl (C=O) groups excluding carboxylic acids is 1. The van der Waals surface area contributed by atoms with Crippen LogP contribution in [0.1, 0.15) is 0 Å². The summed E-state index contributed by atoms with van der Waals surface area (Å²) in [5.74, 6) is 3.48. The smallest absolute Gasteiger partial charge is 0.327 e. The van der Waals surface area contributed by atoms with Crippen molar-refractivity contribution in [1.82, 2.24) is 9.78 Å². The van der Waals surface area contributed by atoms with Crippen molar-refractivity contribution in [3.8, 4) is 12.3 Å². The normalized spacial score (nSPS) is 9.85.